The fourth-order valence-electron chi connectivity index (χ4n) is 2.45. The monoisotopic (exact) mass is 201 g/mol. The predicted octanol–water partition coefficient (Wildman–Crippen LogP) is 3.57. The minimum absolute atomic E-state index is 0.111. The molecule has 2 atom stereocenters. The van der Waals surface area contributed by atoms with E-state index in [9.17, 15) is 4.39 Å². The second kappa shape index (κ2) is 5.69. The summed E-state index contributed by atoms with van der Waals surface area (Å²) in [7, 11) is 0. The third-order valence-corrected chi connectivity index (χ3v) is 3.31. The Morgan fingerprint density at radius 2 is 2.14 bits per heavy atom. The average Bonchev–Trinajstić information content (AvgIpc) is 2.12. The highest BCUT2D eigenvalue weighted by Gasteiger charge is 2.34. The lowest BCUT2D eigenvalue weighted by Crippen LogP contribution is -2.37. The number of hydrogen-bond acceptors (Lipinski definition) is 1. The first kappa shape index (κ1) is 12.0. The Morgan fingerprint density at radius 1 is 1.36 bits per heavy atom. The van der Waals surface area contributed by atoms with Gasteiger partial charge in [0.05, 0.1) is 0 Å². The zero-order valence-electron chi connectivity index (χ0n) is 9.40. The van der Waals surface area contributed by atoms with E-state index in [1.807, 2.05) is 0 Å². The van der Waals surface area contributed by atoms with Crippen molar-refractivity contribution in [3.05, 3.63) is 0 Å². The van der Waals surface area contributed by atoms with Gasteiger partial charge in [-0.05, 0) is 32.1 Å². The summed E-state index contributed by atoms with van der Waals surface area (Å²) in [6.07, 6.45) is 8.74. The summed E-state index contributed by atoms with van der Waals surface area (Å²) in [6.45, 7) is 2.18. The van der Waals surface area contributed by atoms with Crippen LogP contribution in [-0.2, 0) is 0 Å². The molecule has 0 amide bonds. The van der Waals surface area contributed by atoms with Gasteiger partial charge in [-0.25, -0.2) is 4.39 Å². The SMILES string of the molecule is CCCCCCC1(F)CCCC(N)C1. The molecule has 1 rings (SSSR count). The zero-order valence-corrected chi connectivity index (χ0v) is 9.40. The largest absolute Gasteiger partial charge is 0.328 e. The van der Waals surface area contributed by atoms with Crippen molar-refractivity contribution in [2.75, 3.05) is 0 Å². The van der Waals surface area contributed by atoms with Crippen molar-refractivity contribution < 1.29 is 4.39 Å². The third-order valence-electron chi connectivity index (χ3n) is 3.31. The van der Waals surface area contributed by atoms with Crippen molar-refractivity contribution in [3.8, 4) is 0 Å². The number of hydrogen-bond donors (Lipinski definition) is 1. The van der Waals surface area contributed by atoms with Crippen LogP contribution < -0.4 is 5.73 Å². The highest BCUT2D eigenvalue weighted by molar-refractivity contribution is 4.88. The number of unbranched alkanes of at least 4 members (excludes halogenated alkanes) is 3. The summed E-state index contributed by atoms with van der Waals surface area (Å²) in [5.74, 6) is 0. The van der Waals surface area contributed by atoms with E-state index in [0.29, 0.717) is 6.42 Å². The lowest BCUT2D eigenvalue weighted by atomic mass is 9.80. The second-order valence-electron chi connectivity index (χ2n) is 4.82. The van der Waals surface area contributed by atoms with Crippen LogP contribution in [0, 0.1) is 0 Å². The smallest absolute Gasteiger partial charge is 0.112 e. The second-order valence-corrected chi connectivity index (χ2v) is 4.82. The van der Waals surface area contributed by atoms with E-state index < -0.39 is 5.67 Å². The molecule has 1 aliphatic carbocycles. The Labute approximate surface area is 87.3 Å². The number of halogens is 1. The van der Waals surface area contributed by atoms with Gasteiger partial charge in [-0.1, -0.05) is 32.6 Å². The van der Waals surface area contributed by atoms with Crippen molar-refractivity contribution in [2.24, 2.45) is 5.73 Å². The molecule has 2 unspecified atom stereocenters. The first-order chi connectivity index (χ1) is 6.66. The molecule has 0 heterocycles. The van der Waals surface area contributed by atoms with Crippen molar-refractivity contribution in [1.29, 1.82) is 0 Å². The Balaban J connectivity index is 2.19. The summed E-state index contributed by atoms with van der Waals surface area (Å²) >= 11 is 0. The summed E-state index contributed by atoms with van der Waals surface area (Å²) in [6, 6.07) is 0.111. The molecule has 0 saturated heterocycles. The van der Waals surface area contributed by atoms with Gasteiger partial charge in [0.25, 0.3) is 0 Å². The van der Waals surface area contributed by atoms with Gasteiger partial charge < -0.3 is 5.73 Å². The summed E-state index contributed by atoms with van der Waals surface area (Å²) < 4.78 is 14.2. The molecule has 0 radical (unpaired) electrons. The molecule has 0 spiro atoms. The van der Waals surface area contributed by atoms with Crippen molar-refractivity contribution in [1.82, 2.24) is 0 Å². The van der Waals surface area contributed by atoms with Crippen LogP contribution in [0.25, 0.3) is 0 Å². The Morgan fingerprint density at radius 3 is 2.79 bits per heavy atom. The number of alkyl halides is 1. The number of nitrogens with two attached hydrogens (primary N) is 1. The minimum atomic E-state index is -0.925. The van der Waals surface area contributed by atoms with Crippen LogP contribution in [-0.4, -0.2) is 11.7 Å². The molecule has 1 aliphatic rings. The Bertz CT molecular complexity index is 160. The van der Waals surface area contributed by atoms with Crippen molar-refractivity contribution in [3.63, 3.8) is 0 Å². The average molecular weight is 201 g/mol. The molecule has 1 saturated carbocycles. The van der Waals surface area contributed by atoms with E-state index in [4.69, 9.17) is 5.73 Å². The van der Waals surface area contributed by atoms with Gasteiger partial charge in [-0.15, -0.1) is 0 Å². The fourth-order valence-corrected chi connectivity index (χ4v) is 2.45. The normalized spacial score (nSPS) is 33.2. The fraction of sp³-hybridized carbons (Fsp3) is 1.00. The molecule has 2 N–H and O–H groups in total. The molecule has 1 fully saturated rings. The molecule has 14 heavy (non-hydrogen) atoms. The molecule has 2 heteroatoms. The number of rotatable bonds is 5. The van der Waals surface area contributed by atoms with Crippen LogP contribution in [0.5, 0.6) is 0 Å². The van der Waals surface area contributed by atoms with Crippen LogP contribution in [0.1, 0.15) is 64.7 Å². The van der Waals surface area contributed by atoms with Gasteiger partial charge in [0.2, 0.25) is 0 Å². The standard InChI is InChI=1S/C12H24FN/c1-2-3-4-5-8-12(13)9-6-7-11(14)10-12/h11H,2-10,14H2,1H3. The van der Waals surface area contributed by atoms with E-state index in [-0.39, 0.29) is 6.04 Å². The summed E-state index contributed by atoms with van der Waals surface area (Å²) in [5, 5.41) is 0. The molecule has 0 aromatic carbocycles. The third kappa shape index (κ3) is 3.95. The Kier molecular flexibility index (Phi) is 4.86. The molecule has 0 aromatic heterocycles. The van der Waals surface area contributed by atoms with E-state index in [0.717, 1.165) is 32.1 Å². The van der Waals surface area contributed by atoms with Crippen LogP contribution in [0.3, 0.4) is 0 Å². The Hall–Kier alpha value is -0.110. The maximum absolute atomic E-state index is 14.2. The predicted molar refractivity (Wildman–Crippen MR) is 59.0 cm³/mol. The van der Waals surface area contributed by atoms with Gasteiger partial charge in [-0.2, -0.15) is 0 Å². The first-order valence-electron chi connectivity index (χ1n) is 6.11. The van der Waals surface area contributed by atoms with E-state index in [1.54, 1.807) is 0 Å². The molecule has 0 aliphatic heterocycles. The quantitative estimate of drug-likeness (QED) is 0.676. The van der Waals surface area contributed by atoms with Gasteiger partial charge in [0.15, 0.2) is 0 Å². The topological polar surface area (TPSA) is 26.0 Å². The van der Waals surface area contributed by atoms with E-state index in [2.05, 4.69) is 6.92 Å². The van der Waals surface area contributed by atoms with Gasteiger partial charge in [-0.3, -0.25) is 0 Å². The van der Waals surface area contributed by atoms with Crippen LogP contribution in [0.4, 0.5) is 4.39 Å². The maximum Gasteiger partial charge on any atom is 0.112 e. The van der Waals surface area contributed by atoms with Gasteiger partial charge in [0.1, 0.15) is 5.67 Å². The molecule has 1 nitrogen and oxygen atoms in total. The summed E-state index contributed by atoms with van der Waals surface area (Å²) in [5.41, 5.74) is 4.88. The molecule has 0 aromatic rings. The van der Waals surface area contributed by atoms with Crippen LogP contribution in [0.15, 0.2) is 0 Å². The lowest BCUT2D eigenvalue weighted by Gasteiger charge is -2.33. The summed E-state index contributed by atoms with van der Waals surface area (Å²) in [4.78, 5) is 0. The lowest BCUT2D eigenvalue weighted by molar-refractivity contribution is 0.0829. The molecular weight excluding hydrogens is 177 g/mol. The molecule has 84 valence electrons. The minimum Gasteiger partial charge on any atom is -0.328 e. The van der Waals surface area contributed by atoms with Crippen molar-refractivity contribution in [2.45, 2.75) is 76.4 Å². The van der Waals surface area contributed by atoms with Gasteiger partial charge in [0, 0.05) is 6.04 Å². The van der Waals surface area contributed by atoms with E-state index >= 15 is 0 Å². The highest BCUT2D eigenvalue weighted by Crippen LogP contribution is 2.35. The zero-order chi connectivity index (χ0) is 10.4. The van der Waals surface area contributed by atoms with Crippen LogP contribution >= 0.6 is 0 Å². The maximum atomic E-state index is 14.2. The van der Waals surface area contributed by atoms with Crippen molar-refractivity contribution >= 4 is 0 Å². The molecule has 0 bridgehead atoms. The first-order valence-corrected chi connectivity index (χ1v) is 6.11. The molecular formula is C12H24FN. The highest BCUT2D eigenvalue weighted by atomic mass is 19.1. The van der Waals surface area contributed by atoms with Crippen LogP contribution in [0.2, 0.25) is 0 Å². The van der Waals surface area contributed by atoms with E-state index in [1.165, 1.54) is 19.3 Å². The van der Waals surface area contributed by atoms with Gasteiger partial charge >= 0.3 is 0 Å².